The standard InChI is InChI=1S/C23H29N2O2P/c1-4-27-28(26)22-16(9-11-20-18(22)7-5-13-24(20)2)15-17-10-12-21-19(23(17)28)8-6-14-25(21)3/h9-12H,4-8,13-15H2,1-3H3. The minimum atomic E-state index is -3.12. The Balaban J connectivity index is 1.81. The van der Waals surface area contributed by atoms with E-state index in [9.17, 15) is 4.57 Å². The number of fused-ring (bicyclic) bond motifs is 6. The summed E-state index contributed by atoms with van der Waals surface area (Å²) in [5.41, 5.74) is 7.38. The minimum Gasteiger partial charge on any atom is -0.374 e. The fourth-order valence-electron chi connectivity index (χ4n) is 5.43. The number of benzene rings is 2. The Bertz CT molecular complexity index is 927. The van der Waals surface area contributed by atoms with Crippen LogP contribution in [-0.4, -0.2) is 33.8 Å². The van der Waals surface area contributed by atoms with E-state index in [2.05, 4.69) is 48.2 Å². The third-order valence-corrected chi connectivity index (χ3v) is 9.54. The van der Waals surface area contributed by atoms with Gasteiger partial charge in [0, 0.05) is 38.6 Å². The van der Waals surface area contributed by atoms with Crippen LogP contribution in [0.4, 0.5) is 11.4 Å². The monoisotopic (exact) mass is 396 g/mol. The highest BCUT2D eigenvalue weighted by Gasteiger charge is 2.43. The maximum atomic E-state index is 14.8. The number of hydrogen-bond donors (Lipinski definition) is 0. The van der Waals surface area contributed by atoms with Gasteiger partial charge in [-0.05, 0) is 73.4 Å². The molecule has 0 atom stereocenters. The Kier molecular flexibility index (Phi) is 4.33. The average molecular weight is 396 g/mol. The highest BCUT2D eigenvalue weighted by atomic mass is 31.2. The van der Waals surface area contributed by atoms with E-state index in [4.69, 9.17) is 4.52 Å². The van der Waals surface area contributed by atoms with Crippen LogP contribution in [-0.2, 0) is 28.4 Å². The molecule has 0 fully saturated rings. The summed E-state index contributed by atoms with van der Waals surface area (Å²) in [4.78, 5) is 4.61. The van der Waals surface area contributed by atoms with Gasteiger partial charge < -0.3 is 14.3 Å². The molecule has 0 bridgehead atoms. The smallest absolute Gasteiger partial charge is 0.262 e. The first-order chi connectivity index (χ1) is 13.5. The van der Waals surface area contributed by atoms with Crippen LogP contribution in [0.2, 0.25) is 0 Å². The molecule has 4 nitrogen and oxygen atoms in total. The molecular formula is C23H29N2O2P. The predicted octanol–water partition coefficient (Wildman–Crippen LogP) is 3.62. The van der Waals surface area contributed by atoms with Gasteiger partial charge in [0.2, 0.25) is 0 Å². The lowest BCUT2D eigenvalue weighted by Gasteiger charge is -2.38. The van der Waals surface area contributed by atoms with Gasteiger partial charge in [0.25, 0.3) is 7.37 Å². The lowest BCUT2D eigenvalue weighted by Crippen LogP contribution is -2.39. The molecule has 0 spiro atoms. The van der Waals surface area contributed by atoms with Crippen LogP contribution in [0.5, 0.6) is 0 Å². The van der Waals surface area contributed by atoms with Crippen molar-refractivity contribution in [3.05, 3.63) is 46.5 Å². The zero-order valence-corrected chi connectivity index (χ0v) is 18.0. The van der Waals surface area contributed by atoms with E-state index in [1.54, 1.807) is 0 Å². The van der Waals surface area contributed by atoms with Crippen LogP contribution < -0.4 is 20.4 Å². The first-order valence-corrected chi connectivity index (χ1v) is 12.1. The molecule has 3 aliphatic rings. The van der Waals surface area contributed by atoms with Gasteiger partial charge in [-0.2, -0.15) is 0 Å². The number of anilines is 2. The van der Waals surface area contributed by atoms with Crippen LogP contribution in [0.3, 0.4) is 0 Å². The molecule has 3 aliphatic heterocycles. The first-order valence-electron chi connectivity index (χ1n) is 10.5. The van der Waals surface area contributed by atoms with E-state index < -0.39 is 7.37 Å². The van der Waals surface area contributed by atoms with Crippen molar-refractivity contribution in [2.24, 2.45) is 0 Å². The Labute approximate surface area is 167 Å². The molecule has 5 rings (SSSR count). The molecule has 0 unspecified atom stereocenters. The summed E-state index contributed by atoms with van der Waals surface area (Å²) in [6.45, 7) is 4.55. The molecule has 2 aromatic rings. The summed E-state index contributed by atoms with van der Waals surface area (Å²) in [7, 11) is 1.16. The molecule has 5 heteroatoms. The Morgan fingerprint density at radius 2 is 1.39 bits per heavy atom. The van der Waals surface area contributed by atoms with E-state index in [1.165, 1.54) is 33.6 Å². The summed E-state index contributed by atoms with van der Waals surface area (Å²) in [5.74, 6) is 0. The van der Waals surface area contributed by atoms with E-state index in [-0.39, 0.29) is 0 Å². The normalized spacial score (nSPS) is 19.5. The average Bonchev–Trinajstić information content (AvgIpc) is 2.68. The van der Waals surface area contributed by atoms with Gasteiger partial charge in [-0.25, -0.2) is 0 Å². The molecule has 0 aliphatic carbocycles. The maximum absolute atomic E-state index is 14.8. The molecule has 28 heavy (non-hydrogen) atoms. The number of hydrogen-bond acceptors (Lipinski definition) is 4. The third-order valence-electron chi connectivity index (χ3n) is 6.63. The SMILES string of the molecule is CCOP1(=O)c2c(ccc3c2CCCN3C)Cc2ccc3c(c21)CCCN3C. The molecule has 2 aromatic carbocycles. The molecular weight excluding hydrogens is 367 g/mol. The van der Waals surface area contributed by atoms with Gasteiger partial charge in [0.1, 0.15) is 0 Å². The second kappa shape index (κ2) is 6.64. The second-order valence-corrected chi connectivity index (χ2v) is 10.6. The van der Waals surface area contributed by atoms with Crippen LogP contribution in [0.15, 0.2) is 24.3 Å². The van der Waals surface area contributed by atoms with Crippen molar-refractivity contribution in [1.29, 1.82) is 0 Å². The van der Waals surface area contributed by atoms with Crippen molar-refractivity contribution in [2.75, 3.05) is 43.6 Å². The van der Waals surface area contributed by atoms with Crippen molar-refractivity contribution >= 4 is 29.4 Å². The van der Waals surface area contributed by atoms with E-state index in [1.807, 2.05) is 6.92 Å². The highest BCUT2D eigenvalue weighted by molar-refractivity contribution is 7.75. The Morgan fingerprint density at radius 1 is 0.893 bits per heavy atom. The van der Waals surface area contributed by atoms with Crippen LogP contribution >= 0.6 is 7.37 Å². The highest BCUT2D eigenvalue weighted by Crippen LogP contribution is 2.54. The minimum absolute atomic E-state index is 0.467. The summed E-state index contributed by atoms with van der Waals surface area (Å²) in [6, 6.07) is 8.83. The molecule has 0 saturated carbocycles. The zero-order valence-electron chi connectivity index (χ0n) is 17.1. The largest absolute Gasteiger partial charge is 0.374 e. The summed E-state index contributed by atoms with van der Waals surface area (Å²) >= 11 is 0. The van der Waals surface area contributed by atoms with Crippen molar-refractivity contribution in [2.45, 2.75) is 39.0 Å². The quantitative estimate of drug-likeness (QED) is 0.726. The lowest BCUT2D eigenvalue weighted by molar-refractivity contribution is 0.347. The fraction of sp³-hybridized carbons (Fsp3) is 0.478. The lowest BCUT2D eigenvalue weighted by atomic mass is 9.93. The van der Waals surface area contributed by atoms with Crippen molar-refractivity contribution in [1.82, 2.24) is 0 Å². The summed E-state index contributed by atoms with van der Waals surface area (Å²) in [6.07, 6.45) is 5.05. The molecule has 3 heterocycles. The Hall–Kier alpha value is -1.77. The topological polar surface area (TPSA) is 32.8 Å². The van der Waals surface area contributed by atoms with Crippen molar-refractivity contribution in [3.8, 4) is 0 Å². The van der Waals surface area contributed by atoms with Gasteiger partial charge in [-0.1, -0.05) is 12.1 Å². The molecule has 148 valence electrons. The third kappa shape index (κ3) is 2.51. The van der Waals surface area contributed by atoms with Crippen LogP contribution in [0.25, 0.3) is 0 Å². The molecule has 0 amide bonds. The zero-order chi connectivity index (χ0) is 19.5. The number of rotatable bonds is 2. The summed E-state index contributed by atoms with van der Waals surface area (Å²) in [5, 5.41) is 2.04. The van der Waals surface area contributed by atoms with E-state index in [0.29, 0.717) is 6.61 Å². The first kappa shape index (κ1) is 18.3. The molecule has 0 aromatic heterocycles. The van der Waals surface area contributed by atoms with Crippen LogP contribution in [0, 0.1) is 0 Å². The van der Waals surface area contributed by atoms with Gasteiger partial charge >= 0.3 is 0 Å². The molecule has 0 radical (unpaired) electrons. The van der Waals surface area contributed by atoms with E-state index in [0.717, 1.165) is 55.8 Å². The van der Waals surface area contributed by atoms with Gasteiger partial charge in [0.15, 0.2) is 0 Å². The van der Waals surface area contributed by atoms with E-state index >= 15 is 0 Å². The van der Waals surface area contributed by atoms with Gasteiger partial charge in [0.05, 0.1) is 17.2 Å². The van der Waals surface area contributed by atoms with Crippen LogP contribution in [0.1, 0.15) is 42.0 Å². The second-order valence-electron chi connectivity index (χ2n) is 8.34. The maximum Gasteiger partial charge on any atom is 0.262 e. The molecule has 0 N–H and O–H groups in total. The van der Waals surface area contributed by atoms with Crippen molar-refractivity contribution in [3.63, 3.8) is 0 Å². The number of nitrogens with zero attached hydrogens (tertiary/aromatic N) is 2. The Morgan fingerprint density at radius 3 is 1.86 bits per heavy atom. The van der Waals surface area contributed by atoms with Gasteiger partial charge in [-0.3, -0.25) is 4.57 Å². The summed E-state index contributed by atoms with van der Waals surface area (Å²) < 4.78 is 21.0. The van der Waals surface area contributed by atoms with Crippen molar-refractivity contribution < 1.29 is 9.09 Å². The fourth-order valence-corrected chi connectivity index (χ4v) is 8.50. The van der Waals surface area contributed by atoms with Gasteiger partial charge in [-0.15, -0.1) is 0 Å². The predicted molar refractivity (Wildman–Crippen MR) is 117 cm³/mol. The molecule has 0 saturated heterocycles.